The van der Waals surface area contributed by atoms with Crippen molar-refractivity contribution in [2.75, 3.05) is 6.54 Å². The van der Waals surface area contributed by atoms with E-state index in [1.165, 1.54) is 5.56 Å². The number of ether oxygens (including phenoxy) is 1. The standard InChI is InChI=1S/C25H30N4O4/c1-17-23(29(31)32)18(2)28(27-17)14-13-26-24(30)20-8-6-7-19(15-20)16-33-22-11-9-21(10-12-22)25(3,4)5/h6-12,15H,13-14,16H2,1-5H3,(H,26,30). The number of nitro groups is 1. The van der Waals surface area contributed by atoms with Crippen LogP contribution >= 0.6 is 0 Å². The van der Waals surface area contributed by atoms with Gasteiger partial charge in [-0.1, -0.05) is 45.0 Å². The Morgan fingerprint density at radius 2 is 1.85 bits per heavy atom. The van der Waals surface area contributed by atoms with E-state index >= 15 is 0 Å². The monoisotopic (exact) mass is 450 g/mol. The molecule has 3 aromatic rings. The summed E-state index contributed by atoms with van der Waals surface area (Å²) < 4.78 is 7.43. The number of carbonyl (C=O) groups is 1. The van der Waals surface area contributed by atoms with E-state index in [-0.39, 0.29) is 17.0 Å². The lowest BCUT2D eigenvalue weighted by atomic mass is 9.87. The average Bonchev–Trinajstić information content (AvgIpc) is 3.05. The van der Waals surface area contributed by atoms with Crippen LogP contribution in [-0.2, 0) is 18.6 Å². The molecule has 1 amide bonds. The second-order valence-corrected chi connectivity index (χ2v) is 9.02. The summed E-state index contributed by atoms with van der Waals surface area (Å²) >= 11 is 0. The van der Waals surface area contributed by atoms with Crippen molar-refractivity contribution in [1.29, 1.82) is 0 Å². The molecule has 2 aromatic carbocycles. The van der Waals surface area contributed by atoms with Gasteiger partial charge in [0.25, 0.3) is 5.91 Å². The first kappa shape index (κ1) is 24.0. The van der Waals surface area contributed by atoms with Gasteiger partial charge in [0.1, 0.15) is 23.7 Å². The molecular weight excluding hydrogens is 420 g/mol. The van der Waals surface area contributed by atoms with E-state index in [9.17, 15) is 14.9 Å². The van der Waals surface area contributed by atoms with Crippen LogP contribution in [0.25, 0.3) is 0 Å². The van der Waals surface area contributed by atoms with E-state index in [1.54, 1.807) is 30.7 Å². The van der Waals surface area contributed by atoms with Crippen LogP contribution in [0.1, 0.15) is 53.6 Å². The fraction of sp³-hybridized carbons (Fsp3) is 0.360. The molecule has 0 saturated heterocycles. The fourth-order valence-corrected chi connectivity index (χ4v) is 3.57. The third-order valence-corrected chi connectivity index (χ3v) is 5.45. The molecule has 0 aliphatic carbocycles. The first-order chi connectivity index (χ1) is 15.6. The van der Waals surface area contributed by atoms with E-state index in [0.717, 1.165) is 11.3 Å². The number of amides is 1. The average molecular weight is 451 g/mol. The first-order valence-corrected chi connectivity index (χ1v) is 10.8. The van der Waals surface area contributed by atoms with Gasteiger partial charge in [0, 0.05) is 12.1 Å². The van der Waals surface area contributed by atoms with Crippen molar-refractivity contribution in [3.63, 3.8) is 0 Å². The summed E-state index contributed by atoms with van der Waals surface area (Å²) in [6, 6.07) is 15.3. The predicted octanol–water partition coefficient (Wildman–Crippen LogP) is 4.71. The molecule has 0 spiro atoms. The van der Waals surface area contributed by atoms with Crippen molar-refractivity contribution < 1.29 is 14.5 Å². The molecule has 0 radical (unpaired) electrons. The lowest BCUT2D eigenvalue weighted by molar-refractivity contribution is -0.386. The van der Waals surface area contributed by atoms with Crippen LogP contribution in [0.3, 0.4) is 0 Å². The smallest absolute Gasteiger partial charge is 0.312 e. The summed E-state index contributed by atoms with van der Waals surface area (Å²) in [6.07, 6.45) is 0. The summed E-state index contributed by atoms with van der Waals surface area (Å²) in [5.74, 6) is 0.555. The Kier molecular flexibility index (Phi) is 7.16. The third-order valence-electron chi connectivity index (χ3n) is 5.45. The molecule has 1 N–H and O–H groups in total. The highest BCUT2D eigenvalue weighted by molar-refractivity contribution is 5.94. The van der Waals surface area contributed by atoms with Crippen LogP contribution in [0, 0.1) is 24.0 Å². The molecule has 33 heavy (non-hydrogen) atoms. The molecular formula is C25H30N4O4. The Bertz CT molecular complexity index is 1140. The normalized spacial score (nSPS) is 11.3. The number of aromatic nitrogens is 2. The molecule has 0 saturated carbocycles. The van der Waals surface area contributed by atoms with Crippen molar-refractivity contribution >= 4 is 11.6 Å². The Morgan fingerprint density at radius 3 is 2.45 bits per heavy atom. The maximum absolute atomic E-state index is 12.6. The summed E-state index contributed by atoms with van der Waals surface area (Å²) in [5.41, 5.74) is 3.59. The summed E-state index contributed by atoms with van der Waals surface area (Å²) in [6.45, 7) is 10.8. The molecule has 1 heterocycles. The number of hydrogen-bond donors (Lipinski definition) is 1. The van der Waals surface area contributed by atoms with E-state index in [4.69, 9.17) is 4.74 Å². The number of carbonyl (C=O) groups excluding carboxylic acids is 1. The lowest BCUT2D eigenvalue weighted by Gasteiger charge is -2.19. The van der Waals surface area contributed by atoms with Crippen molar-refractivity contribution in [3.8, 4) is 5.75 Å². The minimum Gasteiger partial charge on any atom is -0.489 e. The van der Waals surface area contributed by atoms with Crippen molar-refractivity contribution in [2.45, 2.75) is 53.2 Å². The van der Waals surface area contributed by atoms with Crippen LogP contribution in [0.2, 0.25) is 0 Å². The SMILES string of the molecule is Cc1nn(CCNC(=O)c2cccc(COc3ccc(C(C)(C)C)cc3)c2)c(C)c1[N+](=O)[O-]. The molecule has 0 unspecified atom stereocenters. The second-order valence-electron chi connectivity index (χ2n) is 9.02. The van der Waals surface area contributed by atoms with Gasteiger partial charge in [0.15, 0.2) is 0 Å². The van der Waals surface area contributed by atoms with Crippen LogP contribution in [0.5, 0.6) is 5.75 Å². The van der Waals surface area contributed by atoms with Crippen LogP contribution in [-0.4, -0.2) is 27.2 Å². The Balaban J connectivity index is 1.55. The highest BCUT2D eigenvalue weighted by Crippen LogP contribution is 2.25. The minimum absolute atomic E-state index is 0.0158. The molecule has 0 aliphatic rings. The lowest BCUT2D eigenvalue weighted by Crippen LogP contribution is -2.27. The Labute approximate surface area is 193 Å². The van der Waals surface area contributed by atoms with Gasteiger partial charge in [0.2, 0.25) is 0 Å². The van der Waals surface area contributed by atoms with Gasteiger partial charge in [-0.2, -0.15) is 5.10 Å². The molecule has 3 rings (SSSR count). The minimum atomic E-state index is -0.431. The number of rotatable bonds is 8. The summed E-state index contributed by atoms with van der Waals surface area (Å²) in [5, 5.41) is 18.2. The van der Waals surface area contributed by atoms with Gasteiger partial charge in [-0.15, -0.1) is 0 Å². The van der Waals surface area contributed by atoms with E-state index in [2.05, 4.69) is 43.3 Å². The van der Waals surface area contributed by atoms with Crippen LogP contribution < -0.4 is 10.1 Å². The van der Waals surface area contributed by atoms with Crippen molar-refractivity contribution in [3.05, 3.63) is 86.7 Å². The second kappa shape index (κ2) is 9.85. The molecule has 8 heteroatoms. The van der Waals surface area contributed by atoms with Crippen LogP contribution in [0.4, 0.5) is 5.69 Å². The fourth-order valence-electron chi connectivity index (χ4n) is 3.57. The molecule has 174 valence electrons. The van der Waals surface area contributed by atoms with Gasteiger partial charge in [-0.05, 0) is 54.7 Å². The van der Waals surface area contributed by atoms with Crippen LogP contribution in [0.15, 0.2) is 48.5 Å². The third kappa shape index (κ3) is 5.97. The number of aryl methyl sites for hydroxylation is 1. The van der Waals surface area contributed by atoms with Gasteiger partial charge in [-0.25, -0.2) is 0 Å². The molecule has 0 atom stereocenters. The topological polar surface area (TPSA) is 99.3 Å². The zero-order valence-electron chi connectivity index (χ0n) is 19.7. The zero-order chi connectivity index (χ0) is 24.2. The Morgan fingerprint density at radius 1 is 1.15 bits per heavy atom. The molecule has 0 bridgehead atoms. The quantitative estimate of drug-likeness (QED) is 0.396. The molecule has 0 aliphatic heterocycles. The van der Waals surface area contributed by atoms with Gasteiger partial charge in [0.05, 0.1) is 11.5 Å². The largest absolute Gasteiger partial charge is 0.489 e. The highest BCUT2D eigenvalue weighted by Gasteiger charge is 2.21. The number of nitrogens with zero attached hydrogens (tertiary/aromatic N) is 3. The van der Waals surface area contributed by atoms with Crippen molar-refractivity contribution in [1.82, 2.24) is 15.1 Å². The van der Waals surface area contributed by atoms with Gasteiger partial charge >= 0.3 is 5.69 Å². The van der Waals surface area contributed by atoms with E-state index < -0.39 is 4.92 Å². The maximum atomic E-state index is 12.6. The number of hydrogen-bond acceptors (Lipinski definition) is 5. The first-order valence-electron chi connectivity index (χ1n) is 10.8. The summed E-state index contributed by atoms with van der Waals surface area (Å²) in [7, 11) is 0. The molecule has 8 nitrogen and oxygen atoms in total. The predicted molar refractivity (Wildman–Crippen MR) is 127 cm³/mol. The number of benzene rings is 2. The Hall–Kier alpha value is -3.68. The van der Waals surface area contributed by atoms with E-state index in [1.807, 2.05) is 24.3 Å². The highest BCUT2D eigenvalue weighted by atomic mass is 16.6. The molecule has 0 fully saturated rings. The van der Waals surface area contributed by atoms with Crippen molar-refractivity contribution in [2.24, 2.45) is 0 Å². The maximum Gasteiger partial charge on any atom is 0.312 e. The van der Waals surface area contributed by atoms with E-state index in [0.29, 0.717) is 36.6 Å². The summed E-state index contributed by atoms with van der Waals surface area (Å²) in [4.78, 5) is 23.3. The van der Waals surface area contributed by atoms with Gasteiger partial charge < -0.3 is 10.1 Å². The zero-order valence-corrected chi connectivity index (χ0v) is 19.7. The van der Waals surface area contributed by atoms with Gasteiger partial charge in [-0.3, -0.25) is 19.6 Å². The number of nitrogens with one attached hydrogen (secondary N) is 1. The molecule has 1 aromatic heterocycles.